The van der Waals surface area contributed by atoms with Gasteiger partial charge in [0.05, 0.1) is 11.0 Å². The second kappa shape index (κ2) is 12.1. The zero-order valence-electron chi connectivity index (χ0n) is 37.6. The third kappa shape index (κ3) is 4.76. The van der Waals surface area contributed by atoms with Crippen LogP contribution in [0.1, 0.15) is 77.6 Å². The lowest BCUT2D eigenvalue weighted by Crippen LogP contribution is -2.60. The Morgan fingerprint density at radius 1 is 0.469 bits per heavy atom. The molecule has 0 unspecified atom stereocenters. The first-order valence-electron chi connectivity index (χ1n) is 22.9. The van der Waals surface area contributed by atoms with E-state index < -0.39 is 0 Å². The van der Waals surface area contributed by atoms with E-state index in [2.05, 4.69) is 204 Å². The van der Waals surface area contributed by atoms with Crippen LogP contribution in [-0.2, 0) is 16.2 Å². The molecule has 11 aromatic rings. The second-order valence-corrected chi connectivity index (χ2v) is 23.5. The van der Waals surface area contributed by atoms with Crippen LogP contribution in [0.5, 0.6) is 0 Å². The highest BCUT2D eigenvalue weighted by Crippen LogP contribution is 2.53. The van der Waals surface area contributed by atoms with Crippen LogP contribution in [-0.4, -0.2) is 11.4 Å². The maximum Gasteiger partial charge on any atom is 0.333 e. The minimum absolute atomic E-state index is 0.0435. The normalized spacial score (nSPS) is 14.9. The van der Waals surface area contributed by atoms with Crippen LogP contribution in [0.15, 0.2) is 140 Å². The Hall–Kier alpha value is -6.14. The second-order valence-electron chi connectivity index (χ2n) is 21.3. The van der Waals surface area contributed by atoms with Crippen molar-refractivity contribution < 1.29 is 0 Å². The Kier molecular flexibility index (Phi) is 7.07. The number of hydrogen-bond acceptors (Lipinski definition) is 3. The van der Waals surface area contributed by atoms with E-state index in [1.54, 1.807) is 0 Å². The predicted molar refractivity (Wildman–Crippen MR) is 281 cm³/mol. The summed E-state index contributed by atoms with van der Waals surface area (Å²) in [5.41, 5.74) is 20.0. The number of rotatable bonds is 1. The minimum Gasteiger partial charge on any atom is -0.376 e. The molecule has 0 bridgehead atoms. The lowest BCUT2D eigenvalue weighted by atomic mass is 9.43. The number of fused-ring (bicyclic) bond motifs is 17. The van der Waals surface area contributed by atoms with Crippen molar-refractivity contribution in [2.75, 3.05) is 4.81 Å². The topological polar surface area (TPSA) is 8.17 Å². The van der Waals surface area contributed by atoms with Crippen molar-refractivity contribution in [1.82, 2.24) is 4.57 Å². The number of thiophene rings is 2. The Bertz CT molecular complexity index is 3900. The van der Waals surface area contributed by atoms with Crippen molar-refractivity contribution in [3.63, 3.8) is 0 Å². The van der Waals surface area contributed by atoms with E-state index in [9.17, 15) is 0 Å². The Morgan fingerprint density at radius 2 is 1.16 bits per heavy atom. The van der Waals surface area contributed by atoms with Gasteiger partial charge in [-0.1, -0.05) is 134 Å². The molecule has 0 atom stereocenters. The summed E-state index contributed by atoms with van der Waals surface area (Å²) in [4.78, 5) is 2.73. The van der Waals surface area contributed by atoms with E-state index >= 15 is 0 Å². The monoisotopic (exact) mass is 858 g/mol. The van der Waals surface area contributed by atoms with Crippen molar-refractivity contribution in [2.45, 2.75) is 71.6 Å². The van der Waals surface area contributed by atoms with Gasteiger partial charge in [0.1, 0.15) is 0 Å². The van der Waals surface area contributed by atoms with Gasteiger partial charge in [-0.25, -0.2) is 0 Å². The molecule has 1 aliphatic carbocycles. The fraction of sp³-hybridized carbons (Fsp3) is 0.186. The lowest BCUT2D eigenvalue weighted by molar-refractivity contribution is 0.590. The quantitative estimate of drug-likeness (QED) is 0.149. The van der Waals surface area contributed by atoms with Crippen molar-refractivity contribution in [3.05, 3.63) is 162 Å². The number of aromatic nitrogens is 1. The summed E-state index contributed by atoms with van der Waals surface area (Å²) < 4.78 is 8.06. The SMILES string of the molecule is CC(C)(C)c1ccc(N2B3c4cc5c(cc4-n4c6cc7c(cc6c6ccc(c3c64)-c3cc4sc6ccc(C(C)(C)C)cc6c4cc32)sc2ccccc27)C(C)(C)c2ccccc2-5)cc1. The lowest BCUT2D eigenvalue weighted by Gasteiger charge is -2.42. The fourth-order valence-corrected chi connectivity index (χ4v) is 14.2. The van der Waals surface area contributed by atoms with Gasteiger partial charge in [0.15, 0.2) is 0 Å². The van der Waals surface area contributed by atoms with E-state index in [-0.39, 0.29) is 23.1 Å². The summed E-state index contributed by atoms with van der Waals surface area (Å²) >= 11 is 3.85. The molecular formula is C59H47BN2S2. The molecule has 5 heterocycles. The first-order valence-corrected chi connectivity index (χ1v) is 24.5. The zero-order chi connectivity index (χ0) is 43.3. The van der Waals surface area contributed by atoms with Crippen LogP contribution < -0.4 is 15.7 Å². The van der Waals surface area contributed by atoms with E-state index in [0.29, 0.717) is 0 Å². The molecule has 8 aromatic carbocycles. The molecule has 0 amide bonds. The van der Waals surface area contributed by atoms with Gasteiger partial charge in [-0.05, 0) is 121 Å². The van der Waals surface area contributed by atoms with E-state index in [1.807, 2.05) is 22.7 Å². The van der Waals surface area contributed by atoms with Crippen LogP contribution in [0.2, 0.25) is 0 Å². The summed E-state index contributed by atoms with van der Waals surface area (Å²) in [6.07, 6.45) is 0. The molecule has 0 fully saturated rings. The van der Waals surface area contributed by atoms with Crippen molar-refractivity contribution in [2.24, 2.45) is 0 Å². The standard InChI is InChI=1S/C59H47BN2S2/c1-57(2,3)32-17-20-34(21-18-32)62-49-28-44-42-25-33(58(4,5)6)19-24-52(42)64-54(44)29-40(49)37-22-23-38-41-30-53-43(36-14-10-12-16-51(36)63-53)27-48(41)61-50-31-46-39(26-47(50)60(62)55(37)56(38)61)35-13-9-11-15-45(35)59(46,7)8/h9-31H,1-8H3. The number of anilines is 2. The highest BCUT2D eigenvalue weighted by molar-refractivity contribution is 7.26. The molecule has 0 spiro atoms. The Morgan fingerprint density at radius 3 is 1.95 bits per heavy atom. The summed E-state index contributed by atoms with van der Waals surface area (Å²) in [7, 11) is 0. The van der Waals surface area contributed by atoms with Crippen LogP contribution in [0, 0.1) is 0 Å². The summed E-state index contributed by atoms with van der Waals surface area (Å²) in [6, 6.07) is 55.0. The van der Waals surface area contributed by atoms with Crippen LogP contribution in [0.4, 0.5) is 11.4 Å². The molecule has 5 heteroatoms. The van der Waals surface area contributed by atoms with Gasteiger partial charge in [-0.15, -0.1) is 22.7 Å². The average Bonchev–Trinajstić information content (AvgIpc) is 3.99. The van der Waals surface area contributed by atoms with Gasteiger partial charge in [0.2, 0.25) is 0 Å². The molecule has 2 nitrogen and oxygen atoms in total. The third-order valence-corrected chi connectivity index (χ3v) is 17.5. The zero-order valence-corrected chi connectivity index (χ0v) is 39.2. The van der Waals surface area contributed by atoms with Gasteiger partial charge < -0.3 is 9.38 Å². The van der Waals surface area contributed by atoms with Gasteiger partial charge in [-0.3, -0.25) is 0 Å². The maximum atomic E-state index is 2.73. The highest BCUT2D eigenvalue weighted by atomic mass is 32.1. The van der Waals surface area contributed by atoms with Crippen molar-refractivity contribution >= 4 is 114 Å². The van der Waals surface area contributed by atoms with Crippen LogP contribution in [0.3, 0.4) is 0 Å². The van der Waals surface area contributed by atoms with Gasteiger partial charge in [-0.2, -0.15) is 0 Å². The largest absolute Gasteiger partial charge is 0.376 e. The number of benzene rings is 8. The molecule has 0 saturated heterocycles. The first kappa shape index (κ1) is 37.3. The molecule has 14 rings (SSSR count). The van der Waals surface area contributed by atoms with Crippen LogP contribution in [0.25, 0.3) is 90.1 Å². The Labute approximate surface area is 382 Å². The van der Waals surface area contributed by atoms with Gasteiger partial charge in [0, 0.05) is 79.2 Å². The van der Waals surface area contributed by atoms with Gasteiger partial charge >= 0.3 is 6.85 Å². The molecule has 308 valence electrons. The molecule has 2 aliphatic heterocycles. The molecule has 0 N–H and O–H groups in total. The van der Waals surface area contributed by atoms with Crippen molar-refractivity contribution in [3.8, 4) is 27.9 Å². The first-order chi connectivity index (χ1) is 30.7. The fourth-order valence-electron chi connectivity index (χ4n) is 11.9. The van der Waals surface area contributed by atoms with E-state index in [0.717, 1.165) is 0 Å². The van der Waals surface area contributed by atoms with Crippen molar-refractivity contribution in [1.29, 1.82) is 0 Å². The summed E-state index contributed by atoms with van der Waals surface area (Å²) in [6.45, 7) is 18.7. The maximum absolute atomic E-state index is 2.73. The number of hydrogen-bond donors (Lipinski definition) is 0. The highest BCUT2D eigenvalue weighted by Gasteiger charge is 2.46. The van der Waals surface area contributed by atoms with Gasteiger partial charge in [0.25, 0.3) is 0 Å². The third-order valence-electron chi connectivity index (χ3n) is 15.3. The summed E-state index contributed by atoms with van der Waals surface area (Å²) in [5, 5.41) is 8.03. The molecule has 0 radical (unpaired) electrons. The number of nitrogens with zero attached hydrogens (tertiary/aromatic N) is 2. The van der Waals surface area contributed by atoms with E-state index in [4.69, 9.17) is 0 Å². The average molecular weight is 859 g/mol. The molecule has 64 heavy (non-hydrogen) atoms. The molecule has 0 saturated carbocycles. The van der Waals surface area contributed by atoms with Crippen LogP contribution >= 0.6 is 22.7 Å². The molecule has 3 aliphatic rings. The molecule has 3 aromatic heterocycles. The molecular weight excluding hydrogens is 812 g/mol. The van der Waals surface area contributed by atoms with E-state index in [1.165, 1.54) is 135 Å². The Balaban J connectivity index is 1.15. The minimum atomic E-state index is -0.138. The smallest absolute Gasteiger partial charge is 0.333 e. The predicted octanol–water partition coefficient (Wildman–Crippen LogP) is 15.7. The summed E-state index contributed by atoms with van der Waals surface area (Å²) in [5.74, 6) is 0.